The number of nitrogens with one attached hydrogen (secondary N) is 1. The molecule has 2 saturated heterocycles. The lowest BCUT2D eigenvalue weighted by molar-refractivity contribution is -0.354. The average Bonchev–Trinajstić information content (AvgIpc) is 2.98. The maximum absolute atomic E-state index is 12.2. The number of hydrogen-bond acceptors (Lipinski definition) is 17. The van der Waals surface area contributed by atoms with E-state index in [1.54, 1.807) is 0 Å². The third-order valence-electron chi connectivity index (χ3n) is 6.76. The summed E-state index contributed by atoms with van der Waals surface area (Å²) in [6, 6.07) is 5.98. The van der Waals surface area contributed by atoms with Crippen LogP contribution in [-0.4, -0.2) is 121 Å². The SMILES string of the molecule is CC(=O)Nc1ccc(O[C@H]2O[C@H](COC(C)=O)C(O[C@H]3O[C@H](COC(C)=O)[C@@H](OC(C)=O)[C@H](OC(C)=O)[C@H]3OC(C)=O)[C@H](O)[C@@H]2O)cc1. The number of carbonyl (C=O) groups excluding carboxylic acids is 6. The smallest absolute Gasteiger partial charge is 0.303 e. The molecule has 2 aliphatic heterocycles. The summed E-state index contributed by atoms with van der Waals surface area (Å²) in [6.07, 6.45) is -16.0. The molecule has 2 heterocycles. The summed E-state index contributed by atoms with van der Waals surface area (Å²) in [6.45, 7) is 5.62. The van der Waals surface area contributed by atoms with Crippen LogP contribution in [0.3, 0.4) is 0 Å². The van der Waals surface area contributed by atoms with Gasteiger partial charge in [-0.15, -0.1) is 0 Å². The number of aliphatic hydroxyl groups is 2. The molecule has 0 saturated carbocycles. The van der Waals surface area contributed by atoms with E-state index in [-0.39, 0.29) is 11.7 Å². The van der Waals surface area contributed by atoms with E-state index < -0.39 is 104 Å². The van der Waals surface area contributed by atoms with Gasteiger partial charge >= 0.3 is 29.8 Å². The van der Waals surface area contributed by atoms with Gasteiger partial charge < -0.3 is 58.2 Å². The van der Waals surface area contributed by atoms with Gasteiger partial charge in [0.05, 0.1) is 0 Å². The molecule has 0 aliphatic carbocycles. The molecule has 18 nitrogen and oxygen atoms in total. The third-order valence-corrected chi connectivity index (χ3v) is 6.76. The second kappa shape index (κ2) is 17.2. The summed E-state index contributed by atoms with van der Waals surface area (Å²) in [4.78, 5) is 71.0. The van der Waals surface area contributed by atoms with Crippen LogP contribution in [0.25, 0.3) is 0 Å². The minimum atomic E-state index is -1.84. The first-order valence-corrected chi connectivity index (χ1v) is 14.7. The molecule has 266 valence electrons. The Morgan fingerprint density at radius 2 is 1.10 bits per heavy atom. The highest BCUT2D eigenvalue weighted by Gasteiger charge is 2.56. The van der Waals surface area contributed by atoms with Crippen molar-refractivity contribution in [2.45, 2.75) is 103 Å². The van der Waals surface area contributed by atoms with Crippen LogP contribution in [0.5, 0.6) is 5.75 Å². The van der Waals surface area contributed by atoms with Crippen LogP contribution in [0, 0.1) is 0 Å². The number of hydrogen-bond donors (Lipinski definition) is 3. The van der Waals surface area contributed by atoms with Crippen LogP contribution in [0.2, 0.25) is 0 Å². The molecule has 1 aromatic carbocycles. The fourth-order valence-electron chi connectivity index (χ4n) is 4.91. The summed E-state index contributed by atoms with van der Waals surface area (Å²) >= 11 is 0. The molecule has 10 atom stereocenters. The zero-order chi connectivity index (χ0) is 35.7. The van der Waals surface area contributed by atoms with Crippen LogP contribution in [-0.2, 0) is 66.7 Å². The van der Waals surface area contributed by atoms with E-state index in [9.17, 15) is 39.0 Å². The van der Waals surface area contributed by atoms with E-state index in [1.165, 1.54) is 31.2 Å². The second-order valence-electron chi connectivity index (χ2n) is 10.8. The molecule has 18 heteroatoms. The van der Waals surface area contributed by atoms with Crippen molar-refractivity contribution in [3.8, 4) is 5.75 Å². The molecule has 2 aliphatic rings. The van der Waals surface area contributed by atoms with Gasteiger partial charge in [-0.05, 0) is 24.3 Å². The van der Waals surface area contributed by atoms with E-state index in [4.69, 9.17) is 42.6 Å². The van der Waals surface area contributed by atoms with Gasteiger partial charge in [-0.2, -0.15) is 0 Å². The topological polar surface area (TPSA) is 238 Å². The van der Waals surface area contributed by atoms with Gasteiger partial charge in [0.25, 0.3) is 0 Å². The lowest BCUT2D eigenvalue weighted by Crippen LogP contribution is -2.66. The highest BCUT2D eigenvalue weighted by atomic mass is 16.8. The van der Waals surface area contributed by atoms with Crippen molar-refractivity contribution in [3.63, 3.8) is 0 Å². The van der Waals surface area contributed by atoms with E-state index in [0.717, 1.165) is 34.6 Å². The predicted molar refractivity (Wildman–Crippen MR) is 156 cm³/mol. The predicted octanol–water partition coefficient (Wildman–Crippen LogP) is -0.498. The molecule has 1 aromatic rings. The normalized spacial score (nSPS) is 29.8. The number of rotatable bonds is 12. The van der Waals surface area contributed by atoms with Gasteiger partial charge in [0.1, 0.15) is 49.5 Å². The Hall–Kier alpha value is -4.36. The van der Waals surface area contributed by atoms with Gasteiger partial charge in [0.2, 0.25) is 12.2 Å². The Balaban J connectivity index is 1.95. The monoisotopic (exact) mass is 685 g/mol. The van der Waals surface area contributed by atoms with E-state index in [1.807, 2.05) is 0 Å². The Kier molecular flexibility index (Phi) is 13.6. The largest absolute Gasteiger partial charge is 0.463 e. The minimum Gasteiger partial charge on any atom is -0.463 e. The van der Waals surface area contributed by atoms with Crippen LogP contribution in [0.1, 0.15) is 41.5 Å². The van der Waals surface area contributed by atoms with Gasteiger partial charge in [-0.25, -0.2) is 0 Å². The maximum Gasteiger partial charge on any atom is 0.303 e. The summed E-state index contributed by atoms with van der Waals surface area (Å²) in [5.74, 6) is -4.21. The summed E-state index contributed by atoms with van der Waals surface area (Å²) in [5, 5.41) is 24.9. The standard InChI is InChI=1S/C30H39NO17/c1-13(32)31-19-7-9-20(10-8-19)45-29-24(39)23(38)25(21(46-29)11-40-14(2)33)48-30-28(44-18(6)37)27(43-17(5)36)26(42-16(4)35)22(47-30)12-41-15(3)34/h7-10,21-30,38-39H,11-12H2,1-6H3,(H,31,32)/t21-,22-,23-,24+,25?,26-,27+,28-,29+,30-/m1/s1. The van der Waals surface area contributed by atoms with Crippen LogP contribution >= 0.6 is 0 Å². The molecular weight excluding hydrogens is 646 g/mol. The van der Waals surface area contributed by atoms with Gasteiger partial charge in [-0.1, -0.05) is 0 Å². The Labute approximate surface area is 274 Å². The zero-order valence-electron chi connectivity index (χ0n) is 27.0. The lowest BCUT2D eigenvalue weighted by atomic mass is 9.96. The molecule has 0 aromatic heterocycles. The Bertz CT molecular complexity index is 1320. The van der Waals surface area contributed by atoms with Crippen molar-refractivity contribution >= 4 is 41.4 Å². The van der Waals surface area contributed by atoms with Crippen molar-refractivity contribution in [3.05, 3.63) is 24.3 Å². The molecule has 0 spiro atoms. The Morgan fingerprint density at radius 3 is 1.60 bits per heavy atom. The Morgan fingerprint density at radius 1 is 0.625 bits per heavy atom. The molecule has 0 radical (unpaired) electrons. The summed E-state index contributed by atoms with van der Waals surface area (Å²) in [5.41, 5.74) is 0.464. The fourth-order valence-corrected chi connectivity index (χ4v) is 4.91. The van der Waals surface area contributed by atoms with Crippen molar-refractivity contribution in [2.24, 2.45) is 0 Å². The van der Waals surface area contributed by atoms with Crippen molar-refractivity contribution in [1.29, 1.82) is 0 Å². The van der Waals surface area contributed by atoms with Crippen LogP contribution in [0.15, 0.2) is 24.3 Å². The highest BCUT2D eigenvalue weighted by molar-refractivity contribution is 5.88. The molecule has 1 amide bonds. The third kappa shape index (κ3) is 10.8. The number of amides is 1. The van der Waals surface area contributed by atoms with Gasteiger partial charge in [-0.3, -0.25) is 28.8 Å². The molecule has 48 heavy (non-hydrogen) atoms. The molecule has 3 N–H and O–H groups in total. The van der Waals surface area contributed by atoms with E-state index in [2.05, 4.69) is 5.32 Å². The number of anilines is 1. The van der Waals surface area contributed by atoms with E-state index >= 15 is 0 Å². The minimum absolute atomic E-state index is 0.172. The van der Waals surface area contributed by atoms with Crippen molar-refractivity contribution in [2.75, 3.05) is 18.5 Å². The number of benzene rings is 1. The van der Waals surface area contributed by atoms with E-state index in [0.29, 0.717) is 5.69 Å². The average molecular weight is 686 g/mol. The fraction of sp³-hybridized carbons (Fsp3) is 0.600. The van der Waals surface area contributed by atoms with Gasteiger partial charge in [0, 0.05) is 47.2 Å². The quantitative estimate of drug-likeness (QED) is 0.186. The summed E-state index contributed by atoms with van der Waals surface area (Å²) < 4.78 is 49.8. The number of esters is 5. The number of ether oxygens (including phenoxy) is 9. The number of aliphatic hydroxyl groups excluding tert-OH is 2. The van der Waals surface area contributed by atoms with Crippen molar-refractivity contribution in [1.82, 2.24) is 0 Å². The maximum atomic E-state index is 12.2. The highest BCUT2D eigenvalue weighted by Crippen LogP contribution is 2.34. The first-order chi connectivity index (χ1) is 22.5. The first-order valence-electron chi connectivity index (χ1n) is 14.7. The second-order valence-corrected chi connectivity index (χ2v) is 10.8. The van der Waals surface area contributed by atoms with Crippen LogP contribution in [0.4, 0.5) is 5.69 Å². The number of carbonyl (C=O) groups is 6. The zero-order valence-corrected chi connectivity index (χ0v) is 27.0. The van der Waals surface area contributed by atoms with Crippen LogP contribution < -0.4 is 10.1 Å². The lowest BCUT2D eigenvalue weighted by Gasteiger charge is -2.47. The van der Waals surface area contributed by atoms with Gasteiger partial charge in [0.15, 0.2) is 24.6 Å². The van der Waals surface area contributed by atoms with Crippen molar-refractivity contribution < 1.29 is 81.6 Å². The molecule has 2 fully saturated rings. The molecule has 1 unspecified atom stereocenters. The first kappa shape index (κ1) is 38.1. The molecular formula is C30H39NO17. The molecule has 3 rings (SSSR count). The molecule has 0 bridgehead atoms. The summed E-state index contributed by atoms with van der Waals surface area (Å²) in [7, 11) is 0.